The maximum Gasteiger partial charge on any atom is 0.180 e. The van der Waals surface area contributed by atoms with Gasteiger partial charge in [0, 0.05) is 24.6 Å². The Labute approximate surface area is 124 Å². The Morgan fingerprint density at radius 1 is 1.19 bits per heavy atom. The molecule has 2 aromatic heterocycles. The van der Waals surface area contributed by atoms with Gasteiger partial charge in [-0.05, 0) is 25.5 Å². The number of aryl methyl sites for hydroxylation is 1. The lowest BCUT2D eigenvalue weighted by atomic mass is 10.2. The fourth-order valence-electron chi connectivity index (χ4n) is 2.13. The smallest absolute Gasteiger partial charge is 0.180 e. The minimum Gasteiger partial charge on any atom is -0.369 e. The van der Waals surface area contributed by atoms with Crippen LogP contribution in [0.1, 0.15) is 18.9 Å². The highest BCUT2D eigenvalue weighted by molar-refractivity contribution is 5.71. The molecule has 3 rings (SSSR count). The third kappa shape index (κ3) is 2.97. The van der Waals surface area contributed by atoms with Crippen LogP contribution < -0.4 is 10.6 Å². The monoisotopic (exact) mass is 281 g/mol. The molecule has 0 fully saturated rings. The average Bonchev–Trinajstić information content (AvgIpc) is 2.96. The summed E-state index contributed by atoms with van der Waals surface area (Å²) in [4.78, 5) is 8.99. The van der Waals surface area contributed by atoms with Crippen LogP contribution in [-0.4, -0.2) is 20.9 Å². The van der Waals surface area contributed by atoms with Crippen LogP contribution in [0.25, 0.3) is 5.65 Å². The molecular formula is C16H19N5. The number of nitrogens with one attached hydrogen (secondary N) is 2. The lowest BCUT2D eigenvalue weighted by Gasteiger charge is -2.11. The number of hydrogen-bond donors (Lipinski definition) is 2. The van der Waals surface area contributed by atoms with Crippen LogP contribution in [0.2, 0.25) is 0 Å². The summed E-state index contributed by atoms with van der Waals surface area (Å²) in [5.74, 6) is 1.60. The molecule has 21 heavy (non-hydrogen) atoms. The predicted octanol–water partition coefficient (Wildman–Crippen LogP) is 3.60. The van der Waals surface area contributed by atoms with Crippen molar-refractivity contribution in [3.8, 4) is 0 Å². The van der Waals surface area contributed by atoms with Gasteiger partial charge in [-0.2, -0.15) is 0 Å². The number of imidazole rings is 1. The number of anilines is 3. The van der Waals surface area contributed by atoms with Crippen molar-refractivity contribution in [3.05, 3.63) is 48.4 Å². The van der Waals surface area contributed by atoms with Crippen LogP contribution in [0.5, 0.6) is 0 Å². The van der Waals surface area contributed by atoms with Gasteiger partial charge >= 0.3 is 0 Å². The van der Waals surface area contributed by atoms with Crippen LogP contribution in [0.15, 0.2) is 42.9 Å². The third-order valence-corrected chi connectivity index (χ3v) is 3.24. The quantitative estimate of drug-likeness (QED) is 0.750. The van der Waals surface area contributed by atoms with Crippen molar-refractivity contribution >= 4 is 23.0 Å². The van der Waals surface area contributed by atoms with E-state index >= 15 is 0 Å². The molecule has 0 spiro atoms. The molecule has 2 N–H and O–H groups in total. The predicted molar refractivity (Wildman–Crippen MR) is 86.2 cm³/mol. The summed E-state index contributed by atoms with van der Waals surface area (Å²) >= 11 is 0. The zero-order valence-corrected chi connectivity index (χ0v) is 12.3. The van der Waals surface area contributed by atoms with Crippen LogP contribution in [0.3, 0.4) is 0 Å². The molecule has 0 saturated carbocycles. The van der Waals surface area contributed by atoms with Crippen LogP contribution in [-0.2, 0) is 0 Å². The second-order valence-electron chi connectivity index (χ2n) is 5.05. The van der Waals surface area contributed by atoms with Crippen LogP contribution >= 0.6 is 0 Å². The molecule has 0 radical (unpaired) electrons. The zero-order valence-electron chi connectivity index (χ0n) is 12.3. The highest BCUT2D eigenvalue weighted by Crippen LogP contribution is 2.21. The van der Waals surface area contributed by atoms with E-state index < -0.39 is 0 Å². The van der Waals surface area contributed by atoms with Gasteiger partial charge in [0.15, 0.2) is 11.5 Å². The minimum atomic E-state index is 0.755. The minimum absolute atomic E-state index is 0.755. The van der Waals surface area contributed by atoms with E-state index in [1.807, 2.05) is 28.9 Å². The second kappa shape index (κ2) is 5.83. The summed E-state index contributed by atoms with van der Waals surface area (Å²) in [5, 5.41) is 6.65. The first-order chi connectivity index (χ1) is 10.3. The number of hydrogen-bond acceptors (Lipinski definition) is 4. The van der Waals surface area contributed by atoms with Gasteiger partial charge in [0.05, 0.1) is 6.20 Å². The van der Waals surface area contributed by atoms with Gasteiger partial charge in [-0.3, -0.25) is 0 Å². The lowest BCUT2D eigenvalue weighted by Crippen LogP contribution is -2.06. The fourth-order valence-corrected chi connectivity index (χ4v) is 2.13. The van der Waals surface area contributed by atoms with Gasteiger partial charge in [0.1, 0.15) is 5.82 Å². The van der Waals surface area contributed by atoms with Gasteiger partial charge in [-0.15, -0.1) is 0 Å². The van der Waals surface area contributed by atoms with E-state index in [0.29, 0.717) is 0 Å². The van der Waals surface area contributed by atoms with Gasteiger partial charge in [-0.25, -0.2) is 9.97 Å². The number of rotatable bonds is 5. The zero-order chi connectivity index (χ0) is 14.7. The molecule has 0 saturated heterocycles. The standard InChI is InChI=1S/C16H19N5/c1-3-8-17-14-11-21-10-9-18-16(21)15(20-14)19-13-6-4-12(2)5-7-13/h4-7,9-11,17H,3,8H2,1-2H3,(H,19,20). The van der Waals surface area contributed by atoms with Crippen molar-refractivity contribution in [1.82, 2.24) is 14.4 Å². The Balaban J connectivity index is 1.95. The summed E-state index contributed by atoms with van der Waals surface area (Å²) in [7, 11) is 0. The fraction of sp³-hybridized carbons (Fsp3) is 0.250. The van der Waals surface area contributed by atoms with Gasteiger partial charge < -0.3 is 15.0 Å². The molecule has 0 atom stereocenters. The number of nitrogens with zero attached hydrogens (tertiary/aromatic N) is 3. The molecule has 0 bridgehead atoms. The van der Waals surface area contributed by atoms with Crippen molar-refractivity contribution in [1.29, 1.82) is 0 Å². The van der Waals surface area contributed by atoms with Crippen molar-refractivity contribution in [2.75, 3.05) is 17.2 Å². The first kappa shape index (κ1) is 13.4. The first-order valence-electron chi connectivity index (χ1n) is 7.17. The van der Waals surface area contributed by atoms with Crippen molar-refractivity contribution in [3.63, 3.8) is 0 Å². The number of benzene rings is 1. The largest absolute Gasteiger partial charge is 0.369 e. The molecule has 1 aromatic carbocycles. The van der Waals surface area contributed by atoms with E-state index in [4.69, 9.17) is 0 Å². The van der Waals surface area contributed by atoms with E-state index in [0.717, 1.165) is 35.9 Å². The molecule has 0 unspecified atom stereocenters. The SMILES string of the molecule is CCCNc1cn2ccnc2c(Nc2ccc(C)cc2)n1. The van der Waals surface area contributed by atoms with Crippen molar-refractivity contribution < 1.29 is 0 Å². The van der Waals surface area contributed by atoms with E-state index in [1.54, 1.807) is 6.20 Å². The molecule has 5 nitrogen and oxygen atoms in total. The molecule has 0 aliphatic carbocycles. The molecule has 2 heterocycles. The second-order valence-corrected chi connectivity index (χ2v) is 5.05. The van der Waals surface area contributed by atoms with Crippen LogP contribution in [0, 0.1) is 6.92 Å². The maximum absolute atomic E-state index is 4.62. The molecule has 0 aliphatic heterocycles. The average molecular weight is 281 g/mol. The summed E-state index contributed by atoms with van der Waals surface area (Å²) in [6.07, 6.45) is 6.72. The Morgan fingerprint density at radius 3 is 2.76 bits per heavy atom. The summed E-state index contributed by atoms with van der Waals surface area (Å²) in [6.45, 7) is 5.11. The molecule has 0 amide bonds. The van der Waals surface area contributed by atoms with Crippen molar-refractivity contribution in [2.24, 2.45) is 0 Å². The van der Waals surface area contributed by atoms with Gasteiger partial charge in [0.25, 0.3) is 0 Å². The Hall–Kier alpha value is -2.56. The van der Waals surface area contributed by atoms with Crippen molar-refractivity contribution in [2.45, 2.75) is 20.3 Å². The Morgan fingerprint density at radius 2 is 2.00 bits per heavy atom. The molecule has 5 heteroatoms. The lowest BCUT2D eigenvalue weighted by molar-refractivity contribution is 0.962. The first-order valence-corrected chi connectivity index (χ1v) is 7.17. The summed E-state index contributed by atoms with van der Waals surface area (Å²) in [6, 6.07) is 8.24. The van der Waals surface area contributed by atoms with E-state index in [9.17, 15) is 0 Å². The molecular weight excluding hydrogens is 262 g/mol. The molecule has 108 valence electrons. The number of fused-ring (bicyclic) bond motifs is 1. The highest BCUT2D eigenvalue weighted by atomic mass is 15.1. The topological polar surface area (TPSA) is 54.2 Å². The van der Waals surface area contributed by atoms with Gasteiger partial charge in [-0.1, -0.05) is 24.6 Å². The summed E-state index contributed by atoms with van der Waals surface area (Å²) in [5.41, 5.74) is 3.06. The maximum atomic E-state index is 4.62. The number of aromatic nitrogens is 3. The normalized spacial score (nSPS) is 10.8. The molecule has 0 aliphatic rings. The Kier molecular flexibility index (Phi) is 3.73. The van der Waals surface area contributed by atoms with E-state index in [1.165, 1.54) is 5.56 Å². The Bertz CT molecular complexity index is 730. The highest BCUT2D eigenvalue weighted by Gasteiger charge is 2.07. The summed E-state index contributed by atoms with van der Waals surface area (Å²) < 4.78 is 1.97. The van der Waals surface area contributed by atoms with E-state index in [2.05, 4.69) is 46.6 Å². The van der Waals surface area contributed by atoms with Gasteiger partial charge in [0.2, 0.25) is 0 Å². The van der Waals surface area contributed by atoms with Crippen LogP contribution in [0.4, 0.5) is 17.3 Å². The third-order valence-electron chi connectivity index (χ3n) is 3.24. The van der Waals surface area contributed by atoms with E-state index in [-0.39, 0.29) is 0 Å². The molecule has 3 aromatic rings.